The molecule has 5 nitrogen and oxygen atoms in total. The van der Waals surface area contributed by atoms with Crippen LogP contribution in [0.5, 0.6) is 0 Å². The topological polar surface area (TPSA) is 78.0 Å². The summed E-state index contributed by atoms with van der Waals surface area (Å²) in [6.45, 7) is 9.65. The summed E-state index contributed by atoms with van der Waals surface area (Å²) in [5.74, 6) is -0.435. The lowest BCUT2D eigenvalue weighted by atomic mass is 10.1. The fourth-order valence-corrected chi connectivity index (χ4v) is 4.70. The number of fused-ring (bicyclic) bond motifs is 1. The Labute approximate surface area is 160 Å². The maximum atomic E-state index is 13.4. The van der Waals surface area contributed by atoms with E-state index in [1.54, 1.807) is 11.5 Å². The third-order valence-electron chi connectivity index (χ3n) is 4.67. The van der Waals surface area contributed by atoms with Crippen molar-refractivity contribution < 1.29 is 4.79 Å². The van der Waals surface area contributed by atoms with E-state index >= 15 is 0 Å². The molecule has 0 bridgehead atoms. The summed E-state index contributed by atoms with van der Waals surface area (Å²) in [5, 5.41) is 0.645. The molecule has 2 aromatic heterocycles. The molecule has 0 aliphatic heterocycles. The lowest BCUT2D eigenvalue weighted by Crippen LogP contribution is -2.26. The van der Waals surface area contributed by atoms with Crippen LogP contribution in [-0.4, -0.2) is 20.7 Å². The standard InChI is InChI=1S/C19H21N3O2S2/c1-9-7-6-8-14(10(9)2)22-18(24)15-11(3)12(4)25-17(15)21-19(22)26-13(5)16(20)23/h6-8,13H,1-5H3,(H2,20,23)/t13-/m1/s1. The highest BCUT2D eigenvalue weighted by Gasteiger charge is 2.22. The Morgan fingerprint density at radius 3 is 2.58 bits per heavy atom. The summed E-state index contributed by atoms with van der Waals surface area (Å²) >= 11 is 2.72. The number of primary amides is 1. The molecule has 0 saturated heterocycles. The van der Waals surface area contributed by atoms with Crippen molar-refractivity contribution in [2.24, 2.45) is 5.73 Å². The van der Waals surface area contributed by atoms with Gasteiger partial charge in [0.1, 0.15) is 4.83 Å². The molecule has 1 amide bonds. The molecule has 1 aromatic carbocycles. The molecular weight excluding hydrogens is 366 g/mol. The zero-order chi connectivity index (χ0) is 19.2. The highest BCUT2D eigenvalue weighted by atomic mass is 32.2. The quantitative estimate of drug-likeness (QED) is 0.547. The molecule has 0 radical (unpaired) electrons. The number of thiophene rings is 1. The van der Waals surface area contributed by atoms with E-state index in [2.05, 4.69) is 0 Å². The molecule has 3 rings (SSSR count). The fraction of sp³-hybridized carbons (Fsp3) is 0.316. The summed E-state index contributed by atoms with van der Waals surface area (Å²) in [6.07, 6.45) is 0. The number of rotatable bonds is 4. The van der Waals surface area contributed by atoms with Gasteiger partial charge in [-0.25, -0.2) is 4.98 Å². The number of carbonyl (C=O) groups is 1. The molecule has 0 unspecified atom stereocenters. The van der Waals surface area contributed by atoms with Crippen molar-refractivity contribution in [2.45, 2.75) is 45.0 Å². The molecule has 0 aliphatic carbocycles. The number of hydrogen-bond acceptors (Lipinski definition) is 5. The van der Waals surface area contributed by atoms with Crippen LogP contribution in [0, 0.1) is 27.7 Å². The minimum Gasteiger partial charge on any atom is -0.369 e. The third-order valence-corrected chi connectivity index (χ3v) is 6.84. The number of benzene rings is 1. The van der Waals surface area contributed by atoms with Crippen molar-refractivity contribution >= 4 is 39.2 Å². The van der Waals surface area contributed by atoms with E-state index in [0.29, 0.717) is 15.4 Å². The Morgan fingerprint density at radius 1 is 1.23 bits per heavy atom. The van der Waals surface area contributed by atoms with Crippen LogP contribution in [0.25, 0.3) is 15.9 Å². The summed E-state index contributed by atoms with van der Waals surface area (Å²) in [4.78, 5) is 31.5. The predicted octanol–water partition coefficient (Wildman–Crippen LogP) is 3.65. The van der Waals surface area contributed by atoms with Gasteiger partial charge in [0.05, 0.1) is 16.3 Å². The van der Waals surface area contributed by atoms with Gasteiger partial charge < -0.3 is 5.73 Å². The SMILES string of the molecule is Cc1cccc(-n2c(S[C@H](C)C(N)=O)nc3sc(C)c(C)c3c2=O)c1C. The minimum atomic E-state index is -0.488. The van der Waals surface area contributed by atoms with Crippen molar-refractivity contribution in [1.82, 2.24) is 9.55 Å². The zero-order valence-corrected chi connectivity index (χ0v) is 17.0. The van der Waals surface area contributed by atoms with E-state index < -0.39 is 11.2 Å². The van der Waals surface area contributed by atoms with E-state index in [9.17, 15) is 9.59 Å². The Hall–Kier alpha value is -2.12. The van der Waals surface area contributed by atoms with Crippen LogP contribution in [0.15, 0.2) is 28.2 Å². The maximum absolute atomic E-state index is 13.4. The van der Waals surface area contributed by atoms with Crippen LogP contribution in [0.1, 0.15) is 28.5 Å². The van der Waals surface area contributed by atoms with Gasteiger partial charge in [0.15, 0.2) is 5.16 Å². The first-order chi connectivity index (χ1) is 12.2. The Bertz CT molecular complexity index is 1080. The first-order valence-corrected chi connectivity index (χ1v) is 9.97. The van der Waals surface area contributed by atoms with Crippen molar-refractivity contribution in [2.75, 3.05) is 0 Å². The van der Waals surface area contributed by atoms with Gasteiger partial charge in [-0.15, -0.1) is 11.3 Å². The van der Waals surface area contributed by atoms with Gasteiger partial charge in [0.2, 0.25) is 5.91 Å². The molecule has 3 aromatic rings. The van der Waals surface area contributed by atoms with Crippen LogP contribution >= 0.6 is 23.1 Å². The first-order valence-electron chi connectivity index (χ1n) is 8.27. The molecule has 0 fully saturated rings. The van der Waals surface area contributed by atoms with Gasteiger partial charge in [-0.05, 0) is 57.4 Å². The summed E-state index contributed by atoms with van der Waals surface area (Å²) in [5.41, 5.74) is 9.17. The number of aromatic nitrogens is 2. The average molecular weight is 388 g/mol. The predicted molar refractivity (Wildman–Crippen MR) is 109 cm³/mol. The highest BCUT2D eigenvalue weighted by molar-refractivity contribution is 8.00. The van der Waals surface area contributed by atoms with E-state index in [0.717, 1.165) is 27.3 Å². The minimum absolute atomic E-state index is 0.107. The molecule has 1 atom stereocenters. The molecule has 2 N–H and O–H groups in total. The number of carbonyl (C=O) groups excluding carboxylic acids is 1. The normalized spacial score (nSPS) is 12.5. The number of amides is 1. The van der Waals surface area contributed by atoms with E-state index in [-0.39, 0.29) is 5.56 Å². The van der Waals surface area contributed by atoms with E-state index in [4.69, 9.17) is 10.7 Å². The number of nitrogens with two attached hydrogens (primary N) is 1. The number of thioether (sulfide) groups is 1. The number of hydrogen-bond donors (Lipinski definition) is 1. The molecule has 7 heteroatoms. The second kappa shape index (κ2) is 6.89. The van der Waals surface area contributed by atoms with Crippen molar-refractivity contribution in [3.63, 3.8) is 0 Å². The van der Waals surface area contributed by atoms with Gasteiger partial charge in [-0.3, -0.25) is 14.2 Å². The van der Waals surface area contributed by atoms with Gasteiger partial charge in [-0.2, -0.15) is 0 Å². The molecule has 0 saturated carbocycles. The van der Waals surface area contributed by atoms with Crippen LogP contribution in [0.4, 0.5) is 0 Å². The largest absolute Gasteiger partial charge is 0.369 e. The Morgan fingerprint density at radius 2 is 1.92 bits per heavy atom. The Kier molecular flexibility index (Phi) is 4.94. The van der Waals surface area contributed by atoms with Gasteiger partial charge in [0, 0.05) is 4.88 Å². The fourth-order valence-electron chi connectivity index (χ4n) is 2.76. The summed E-state index contributed by atoms with van der Waals surface area (Å²) in [7, 11) is 0. The second-order valence-corrected chi connectivity index (χ2v) is 8.89. The van der Waals surface area contributed by atoms with E-state index in [1.807, 2.05) is 45.9 Å². The maximum Gasteiger partial charge on any atom is 0.267 e. The monoisotopic (exact) mass is 387 g/mol. The van der Waals surface area contributed by atoms with Crippen LogP contribution in [0.3, 0.4) is 0 Å². The molecule has 26 heavy (non-hydrogen) atoms. The van der Waals surface area contributed by atoms with Crippen molar-refractivity contribution in [3.05, 3.63) is 50.1 Å². The molecule has 0 aliphatic rings. The smallest absolute Gasteiger partial charge is 0.267 e. The van der Waals surface area contributed by atoms with Crippen LogP contribution in [0.2, 0.25) is 0 Å². The summed E-state index contributed by atoms with van der Waals surface area (Å²) in [6, 6.07) is 5.84. The van der Waals surface area contributed by atoms with E-state index in [1.165, 1.54) is 23.1 Å². The second-order valence-electron chi connectivity index (χ2n) is 6.38. The van der Waals surface area contributed by atoms with Gasteiger partial charge >= 0.3 is 0 Å². The van der Waals surface area contributed by atoms with Crippen molar-refractivity contribution in [1.29, 1.82) is 0 Å². The molecule has 136 valence electrons. The first kappa shape index (κ1) is 18.7. The zero-order valence-electron chi connectivity index (χ0n) is 15.4. The molecular formula is C19H21N3O2S2. The molecule has 2 heterocycles. The van der Waals surface area contributed by atoms with Gasteiger partial charge in [0.25, 0.3) is 5.56 Å². The van der Waals surface area contributed by atoms with Gasteiger partial charge in [-0.1, -0.05) is 23.9 Å². The molecule has 0 spiro atoms. The van der Waals surface area contributed by atoms with Crippen LogP contribution in [-0.2, 0) is 4.79 Å². The lowest BCUT2D eigenvalue weighted by molar-refractivity contribution is -0.117. The number of nitrogens with zero attached hydrogens (tertiary/aromatic N) is 2. The van der Waals surface area contributed by atoms with Crippen molar-refractivity contribution in [3.8, 4) is 5.69 Å². The lowest BCUT2D eigenvalue weighted by Gasteiger charge is -2.17. The van der Waals surface area contributed by atoms with Crippen LogP contribution < -0.4 is 11.3 Å². The average Bonchev–Trinajstić information content (AvgIpc) is 2.85. The third kappa shape index (κ3) is 3.05. The number of aryl methyl sites for hydroxylation is 3. The Balaban J connectivity index is 2.39. The summed E-state index contributed by atoms with van der Waals surface area (Å²) < 4.78 is 1.62. The highest BCUT2D eigenvalue weighted by Crippen LogP contribution is 2.31.